The molecule has 0 aliphatic rings. The standard InChI is InChI=1S/C6H7N3O2/c1-5(10)8-6-7-3-2-4-9(6)11/h2-4H,1H3,(H,7,8,10). The Kier molecular flexibility index (Phi) is 2.00. The minimum absolute atomic E-state index is 0.000000000000000222. The van der Waals surface area contributed by atoms with Crippen molar-refractivity contribution in [2.45, 2.75) is 6.92 Å². The third kappa shape index (κ3) is 1.89. The molecule has 1 N–H and O–H groups in total. The van der Waals surface area contributed by atoms with Gasteiger partial charge >= 0.3 is 5.95 Å². The topological polar surface area (TPSA) is 68.9 Å². The molecule has 1 heterocycles. The fourth-order valence-corrected chi connectivity index (χ4v) is 0.603. The number of carbonyl (C=O) groups is 1. The molecular formula is C6H7N3O2. The van der Waals surface area contributed by atoms with E-state index in [4.69, 9.17) is 0 Å². The van der Waals surface area contributed by atoms with Gasteiger partial charge in [-0.3, -0.25) is 4.79 Å². The molecule has 11 heavy (non-hydrogen) atoms. The van der Waals surface area contributed by atoms with E-state index in [1.54, 1.807) is 0 Å². The van der Waals surface area contributed by atoms with Crippen LogP contribution in [0.5, 0.6) is 0 Å². The molecule has 0 saturated heterocycles. The molecule has 0 unspecified atom stereocenters. The van der Waals surface area contributed by atoms with E-state index < -0.39 is 0 Å². The Morgan fingerprint density at radius 3 is 3.09 bits per heavy atom. The number of hydrogen-bond acceptors (Lipinski definition) is 3. The Hall–Kier alpha value is -1.65. The van der Waals surface area contributed by atoms with E-state index in [1.165, 1.54) is 25.4 Å². The van der Waals surface area contributed by atoms with Gasteiger partial charge in [-0.05, 0) is 0 Å². The quantitative estimate of drug-likeness (QED) is 0.443. The smallest absolute Gasteiger partial charge is 0.399 e. The molecule has 0 aromatic carbocycles. The molecular weight excluding hydrogens is 146 g/mol. The zero-order valence-corrected chi connectivity index (χ0v) is 5.94. The first-order valence-electron chi connectivity index (χ1n) is 3.02. The lowest BCUT2D eigenvalue weighted by Crippen LogP contribution is -2.32. The molecule has 0 saturated carbocycles. The highest BCUT2D eigenvalue weighted by atomic mass is 16.5. The highest BCUT2D eigenvalue weighted by Crippen LogP contribution is 1.89. The highest BCUT2D eigenvalue weighted by molar-refractivity contribution is 5.85. The number of hydrogen-bond donors (Lipinski definition) is 1. The summed E-state index contributed by atoms with van der Waals surface area (Å²) in [7, 11) is 0. The predicted octanol–water partition coefficient (Wildman–Crippen LogP) is -0.327. The number of anilines is 1. The van der Waals surface area contributed by atoms with Crippen LogP contribution in [0.2, 0.25) is 0 Å². The predicted molar refractivity (Wildman–Crippen MR) is 37.5 cm³/mol. The van der Waals surface area contributed by atoms with Crippen LogP contribution in [-0.4, -0.2) is 10.9 Å². The average molecular weight is 153 g/mol. The van der Waals surface area contributed by atoms with E-state index in [0.29, 0.717) is 4.73 Å². The molecule has 0 aliphatic carbocycles. The third-order valence-corrected chi connectivity index (χ3v) is 1.00. The Bertz CT molecular complexity index is 274. The van der Waals surface area contributed by atoms with Crippen LogP contribution in [0.1, 0.15) is 6.92 Å². The highest BCUT2D eigenvalue weighted by Gasteiger charge is 2.05. The first-order valence-corrected chi connectivity index (χ1v) is 3.02. The van der Waals surface area contributed by atoms with Crippen molar-refractivity contribution < 1.29 is 9.52 Å². The summed E-state index contributed by atoms with van der Waals surface area (Å²) >= 11 is 0. The Labute approximate surface area is 63.3 Å². The SMILES string of the molecule is CC(=O)Nc1nccc[n+]1[O-]. The van der Waals surface area contributed by atoms with Crippen molar-refractivity contribution in [1.82, 2.24) is 4.98 Å². The molecule has 0 bridgehead atoms. The molecule has 0 spiro atoms. The molecule has 58 valence electrons. The lowest BCUT2D eigenvalue weighted by Gasteiger charge is -2.03. The average Bonchev–Trinajstić information content (AvgIpc) is 1.93. The Morgan fingerprint density at radius 1 is 1.82 bits per heavy atom. The van der Waals surface area contributed by atoms with Crippen molar-refractivity contribution in [2.75, 3.05) is 5.32 Å². The number of carbonyl (C=O) groups excluding carboxylic acids is 1. The number of nitrogens with zero attached hydrogens (tertiary/aromatic N) is 2. The monoisotopic (exact) mass is 153 g/mol. The summed E-state index contributed by atoms with van der Waals surface area (Å²) in [4.78, 5) is 14.1. The van der Waals surface area contributed by atoms with Gasteiger partial charge in [-0.2, -0.15) is 0 Å². The van der Waals surface area contributed by atoms with Gasteiger partial charge in [-0.15, -0.1) is 0 Å². The van der Waals surface area contributed by atoms with Crippen LogP contribution in [-0.2, 0) is 4.79 Å². The van der Waals surface area contributed by atoms with Crippen molar-refractivity contribution in [3.05, 3.63) is 23.7 Å². The minimum Gasteiger partial charge on any atom is -0.740 e. The van der Waals surface area contributed by atoms with Gasteiger partial charge in [0.2, 0.25) is 0 Å². The summed E-state index contributed by atoms with van der Waals surface area (Å²) in [6.07, 6.45) is 2.69. The van der Waals surface area contributed by atoms with Crippen LogP contribution in [0.4, 0.5) is 5.95 Å². The van der Waals surface area contributed by atoms with E-state index in [0.717, 1.165) is 0 Å². The zero-order chi connectivity index (χ0) is 8.27. The second-order valence-electron chi connectivity index (χ2n) is 1.95. The fraction of sp³-hybridized carbons (Fsp3) is 0.167. The Balaban J connectivity index is 2.86. The van der Waals surface area contributed by atoms with Gasteiger partial charge in [0.05, 0.1) is 6.20 Å². The summed E-state index contributed by atoms with van der Waals surface area (Å²) in [5.41, 5.74) is 0. The molecule has 0 aliphatic heterocycles. The lowest BCUT2D eigenvalue weighted by molar-refractivity contribution is -0.592. The van der Waals surface area contributed by atoms with Crippen LogP contribution >= 0.6 is 0 Å². The van der Waals surface area contributed by atoms with Crippen LogP contribution in [0.3, 0.4) is 0 Å². The summed E-state index contributed by atoms with van der Waals surface area (Å²) in [6.45, 7) is 1.31. The van der Waals surface area contributed by atoms with Gasteiger partial charge in [0, 0.05) is 13.0 Å². The van der Waals surface area contributed by atoms with E-state index >= 15 is 0 Å². The zero-order valence-electron chi connectivity index (χ0n) is 5.94. The number of nitrogens with one attached hydrogen (secondary N) is 1. The van der Waals surface area contributed by atoms with Gasteiger partial charge in [-0.25, -0.2) is 10.0 Å². The molecule has 5 nitrogen and oxygen atoms in total. The van der Waals surface area contributed by atoms with Crippen LogP contribution in [0, 0.1) is 5.21 Å². The second-order valence-corrected chi connectivity index (χ2v) is 1.95. The first-order chi connectivity index (χ1) is 5.20. The van der Waals surface area contributed by atoms with Crippen molar-refractivity contribution >= 4 is 11.9 Å². The van der Waals surface area contributed by atoms with Crippen molar-refractivity contribution in [3.63, 3.8) is 0 Å². The lowest BCUT2D eigenvalue weighted by atomic mass is 10.6. The van der Waals surface area contributed by atoms with Gasteiger partial charge in [0.15, 0.2) is 0 Å². The van der Waals surface area contributed by atoms with Crippen LogP contribution < -0.4 is 10.0 Å². The van der Waals surface area contributed by atoms with Crippen molar-refractivity contribution in [1.29, 1.82) is 0 Å². The van der Waals surface area contributed by atoms with E-state index in [-0.39, 0.29) is 11.9 Å². The summed E-state index contributed by atoms with van der Waals surface area (Å²) < 4.78 is 0.487. The normalized spacial score (nSPS) is 9.18. The van der Waals surface area contributed by atoms with Gasteiger partial charge in [0.25, 0.3) is 5.91 Å². The maximum atomic E-state index is 10.8. The van der Waals surface area contributed by atoms with Gasteiger partial charge < -0.3 is 5.21 Å². The summed E-state index contributed by atoms with van der Waals surface area (Å²) in [5.74, 6) is -0.312. The van der Waals surface area contributed by atoms with Gasteiger partial charge in [0.1, 0.15) is 6.20 Å². The molecule has 1 aromatic heterocycles. The molecule has 0 atom stereocenters. The van der Waals surface area contributed by atoms with Crippen LogP contribution in [0.15, 0.2) is 18.5 Å². The number of aromatic nitrogens is 2. The van der Waals surface area contributed by atoms with E-state index in [9.17, 15) is 10.0 Å². The van der Waals surface area contributed by atoms with E-state index in [2.05, 4.69) is 10.3 Å². The minimum atomic E-state index is -0.312. The molecule has 1 rings (SSSR count). The maximum absolute atomic E-state index is 10.8. The van der Waals surface area contributed by atoms with Crippen molar-refractivity contribution in [2.24, 2.45) is 0 Å². The maximum Gasteiger partial charge on any atom is 0.399 e. The summed E-state index contributed by atoms with van der Waals surface area (Å²) in [5, 5.41) is 13.1. The van der Waals surface area contributed by atoms with Crippen LogP contribution in [0.25, 0.3) is 0 Å². The molecule has 1 aromatic rings. The van der Waals surface area contributed by atoms with E-state index in [1.807, 2.05) is 0 Å². The molecule has 1 amide bonds. The number of amides is 1. The molecule has 0 fully saturated rings. The third-order valence-electron chi connectivity index (χ3n) is 1.00. The summed E-state index contributed by atoms with van der Waals surface area (Å²) in [6, 6.07) is 1.48. The Morgan fingerprint density at radius 2 is 2.55 bits per heavy atom. The number of rotatable bonds is 1. The largest absolute Gasteiger partial charge is 0.740 e. The first kappa shape index (κ1) is 7.46. The fourth-order valence-electron chi connectivity index (χ4n) is 0.603. The van der Waals surface area contributed by atoms with Gasteiger partial charge in [-0.1, -0.05) is 4.98 Å². The molecule has 0 radical (unpaired) electrons. The molecule has 5 heteroatoms. The van der Waals surface area contributed by atoms with Crippen molar-refractivity contribution in [3.8, 4) is 0 Å². The second kappa shape index (κ2) is 2.96.